The van der Waals surface area contributed by atoms with Gasteiger partial charge in [0.05, 0.1) is 0 Å². The molecule has 0 saturated heterocycles. The third-order valence-electron chi connectivity index (χ3n) is 16.3. The van der Waals surface area contributed by atoms with Gasteiger partial charge in [-0.05, 0) is 199 Å². The van der Waals surface area contributed by atoms with Gasteiger partial charge in [0.1, 0.15) is 0 Å². The first-order valence-electron chi connectivity index (χ1n) is 21.2. The van der Waals surface area contributed by atoms with E-state index in [1.54, 1.807) is 11.1 Å². The summed E-state index contributed by atoms with van der Waals surface area (Å²) in [5.41, 5.74) is 16.3. The Kier molecular flexibility index (Phi) is 6.09. The van der Waals surface area contributed by atoms with Gasteiger partial charge in [-0.25, -0.2) is 0 Å². The van der Waals surface area contributed by atoms with E-state index in [0.717, 1.165) is 35.5 Å². The molecule has 2 heterocycles. The fourth-order valence-corrected chi connectivity index (χ4v) is 15.2. The Morgan fingerprint density at radius 3 is 1.43 bits per heavy atom. The highest BCUT2D eigenvalue weighted by atomic mass is 15.2. The van der Waals surface area contributed by atoms with Crippen molar-refractivity contribution in [1.82, 2.24) is 0 Å². The highest BCUT2D eigenvalue weighted by Crippen LogP contribution is 2.62. The number of para-hydroxylation sites is 2. The summed E-state index contributed by atoms with van der Waals surface area (Å²) in [5.74, 6) is 5.68. The molecule has 0 atom stereocenters. The van der Waals surface area contributed by atoms with E-state index >= 15 is 0 Å². The van der Waals surface area contributed by atoms with Crippen LogP contribution < -0.4 is 26.2 Å². The van der Waals surface area contributed by atoms with Gasteiger partial charge in [-0.15, -0.1) is 0 Å². The zero-order chi connectivity index (χ0) is 34.5. The van der Waals surface area contributed by atoms with E-state index < -0.39 is 0 Å². The molecule has 10 aliphatic rings. The summed E-state index contributed by atoms with van der Waals surface area (Å²) in [5, 5.41) is 0. The number of hydrogen-bond donors (Lipinski definition) is 0. The van der Waals surface area contributed by atoms with Crippen LogP contribution in [0.4, 0.5) is 34.1 Å². The van der Waals surface area contributed by atoms with Crippen molar-refractivity contribution < 1.29 is 0 Å². The summed E-state index contributed by atoms with van der Waals surface area (Å²) >= 11 is 0. The van der Waals surface area contributed by atoms with Crippen molar-refractivity contribution in [2.45, 2.75) is 87.9 Å². The highest BCUT2D eigenvalue weighted by Gasteiger charge is 2.53. The monoisotopic (exact) mass is 688 g/mol. The smallest absolute Gasteiger partial charge is 0.252 e. The third kappa shape index (κ3) is 4.23. The Morgan fingerprint density at radius 2 is 0.849 bits per heavy atom. The molecule has 0 amide bonds. The molecule has 0 spiro atoms. The molecule has 5 aromatic carbocycles. The molecule has 0 radical (unpaired) electrons. The van der Waals surface area contributed by atoms with E-state index in [-0.39, 0.29) is 6.71 Å². The number of hydrogen-bond acceptors (Lipinski definition) is 2. The molecule has 8 bridgehead atoms. The van der Waals surface area contributed by atoms with Gasteiger partial charge in [-0.1, -0.05) is 66.7 Å². The first-order chi connectivity index (χ1) is 26.1. The second kappa shape index (κ2) is 10.7. The van der Waals surface area contributed by atoms with Crippen LogP contribution in [-0.2, 0) is 10.8 Å². The zero-order valence-electron chi connectivity index (χ0n) is 30.9. The van der Waals surface area contributed by atoms with E-state index in [9.17, 15) is 0 Å². The minimum Gasteiger partial charge on any atom is -0.311 e. The quantitative estimate of drug-likeness (QED) is 0.170. The van der Waals surface area contributed by atoms with Crippen LogP contribution in [0.5, 0.6) is 0 Å². The van der Waals surface area contributed by atoms with Crippen LogP contribution in [0.15, 0.2) is 115 Å². The third-order valence-corrected chi connectivity index (χ3v) is 16.3. The maximum absolute atomic E-state index is 2.73. The van der Waals surface area contributed by atoms with Crippen LogP contribution in [0.2, 0.25) is 0 Å². The topological polar surface area (TPSA) is 6.48 Å². The first kappa shape index (κ1) is 30.1. The van der Waals surface area contributed by atoms with Crippen molar-refractivity contribution in [1.29, 1.82) is 0 Å². The van der Waals surface area contributed by atoms with Crippen LogP contribution in [0.25, 0.3) is 0 Å². The summed E-state index contributed by atoms with van der Waals surface area (Å²) in [6, 6.07) is 45.4. The van der Waals surface area contributed by atoms with Crippen molar-refractivity contribution in [3.8, 4) is 0 Å². The number of rotatable bonds is 4. The average molecular weight is 689 g/mol. The number of fused-ring (bicyclic) bond motifs is 4. The number of nitrogens with zero attached hydrogens (tertiary/aromatic N) is 2. The van der Waals surface area contributed by atoms with Crippen molar-refractivity contribution in [2.75, 3.05) is 9.80 Å². The largest absolute Gasteiger partial charge is 0.311 e. The molecule has 53 heavy (non-hydrogen) atoms. The maximum atomic E-state index is 2.73. The summed E-state index contributed by atoms with van der Waals surface area (Å²) in [6.07, 6.45) is 17.4. The predicted molar refractivity (Wildman–Crippen MR) is 220 cm³/mol. The van der Waals surface area contributed by atoms with Crippen LogP contribution in [0, 0.1) is 35.5 Å². The van der Waals surface area contributed by atoms with Gasteiger partial charge < -0.3 is 9.80 Å². The normalized spacial score (nSPS) is 33.5. The summed E-state index contributed by atoms with van der Waals surface area (Å²) in [4.78, 5) is 5.18. The SMILES string of the molecule is c1ccc(N2c3ccccc3B3c4cc(C56CC7CC(CC(C7)C5)C6)ccc4N(c4ccc(C56CC7CC(CC(C7)C5)C6)cc4)c4cccc2c43)cc1. The minimum atomic E-state index is 0.198. The molecule has 2 aliphatic heterocycles. The Morgan fingerprint density at radius 1 is 0.396 bits per heavy atom. The standard InChI is InChI=1S/C50H49BN2/c1-2-7-40(8-3-1)52-44-10-5-4-9-42(44)51-43-25-39(50-29-35-22-36(30-50)24-37(23-35)31-50)15-18-45(43)53(47-12-6-11-46(52)48(47)51)41-16-13-38(14-17-41)49-26-32-19-33(27-49)21-34(20-32)28-49/h1-18,25,32-37H,19-24,26-31H2. The molecule has 8 fully saturated rings. The molecule has 0 aromatic heterocycles. The Balaban J connectivity index is 1.00. The summed E-state index contributed by atoms with van der Waals surface area (Å²) in [6.45, 7) is 0.198. The summed E-state index contributed by atoms with van der Waals surface area (Å²) < 4.78 is 0. The van der Waals surface area contributed by atoms with E-state index in [2.05, 4.69) is 125 Å². The number of benzene rings is 5. The van der Waals surface area contributed by atoms with E-state index in [0.29, 0.717) is 10.8 Å². The van der Waals surface area contributed by atoms with Gasteiger partial charge in [0, 0.05) is 34.1 Å². The van der Waals surface area contributed by atoms with Crippen LogP contribution in [0.1, 0.15) is 88.2 Å². The van der Waals surface area contributed by atoms with Gasteiger partial charge in [0.15, 0.2) is 0 Å². The lowest BCUT2D eigenvalue weighted by Gasteiger charge is -2.57. The zero-order valence-corrected chi connectivity index (χ0v) is 30.9. The fraction of sp³-hybridized carbons (Fsp3) is 0.400. The van der Waals surface area contributed by atoms with E-state index in [1.807, 2.05) is 0 Å². The average Bonchev–Trinajstić information content (AvgIpc) is 3.17. The van der Waals surface area contributed by atoms with Gasteiger partial charge in [0.25, 0.3) is 6.71 Å². The molecule has 8 saturated carbocycles. The first-order valence-corrected chi connectivity index (χ1v) is 21.2. The van der Waals surface area contributed by atoms with Gasteiger partial charge in [-0.3, -0.25) is 0 Å². The molecular formula is C50H49BN2. The van der Waals surface area contributed by atoms with Crippen molar-refractivity contribution in [3.05, 3.63) is 126 Å². The van der Waals surface area contributed by atoms with Crippen molar-refractivity contribution >= 4 is 57.2 Å². The van der Waals surface area contributed by atoms with Crippen molar-refractivity contribution in [2.24, 2.45) is 35.5 Å². The Bertz CT molecular complexity index is 2220. The lowest BCUT2D eigenvalue weighted by Crippen LogP contribution is -2.61. The molecule has 2 nitrogen and oxygen atoms in total. The fourth-order valence-electron chi connectivity index (χ4n) is 15.2. The lowest BCUT2D eigenvalue weighted by molar-refractivity contribution is -0.00528. The highest BCUT2D eigenvalue weighted by molar-refractivity contribution is 7.00. The van der Waals surface area contributed by atoms with E-state index in [4.69, 9.17) is 0 Å². The molecule has 262 valence electrons. The summed E-state index contributed by atoms with van der Waals surface area (Å²) in [7, 11) is 0. The number of anilines is 6. The molecule has 0 unspecified atom stereocenters. The van der Waals surface area contributed by atoms with E-state index in [1.165, 1.54) is 128 Å². The lowest BCUT2D eigenvalue weighted by atomic mass is 9.33. The van der Waals surface area contributed by atoms with Crippen LogP contribution >= 0.6 is 0 Å². The molecular weight excluding hydrogens is 639 g/mol. The Hall–Kier alpha value is -4.24. The molecule has 0 N–H and O–H groups in total. The Labute approximate surface area is 315 Å². The second-order valence-electron chi connectivity index (χ2n) is 19.4. The van der Waals surface area contributed by atoms with Gasteiger partial charge in [0.2, 0.25) is 0 Å². The van der Waals surface area contributed by atoms with Gasteiger partial charge >= 0.3 is 0 Å². The molecule has 15 rings (SSSR count). The van der Waals surface area contributed by atoms with Crippen molar-refractivity contribution in [3.63, 3.8) is 0 Å². The van der Waals surface area contributed by atoms with Crippen LogP contribution in [-0.4, -0.2) is 6.71 Å². The molecule has 3 heteroatoms. The van der Waals surface area contributed by atoms with Crippen LogP contribution in [0.3, 0.4) is 0 Å². The molecule has 8 aliphatic carbocycles. The molecule has 5 aromatic rings. The second-order valence-corrected chi connectivity index (χ2v) is 19.4. The van der Waals surface area contributed by atoms with Gasteiger partial charge in [-0.2, -0.15) is 0 Å². The maximum Gasteiger partial charge on any atom is 0.252 e. The minimum absolute atomic E-state index is 0.198. The predicted octanol–water partition coefficient (Wildman–Crippen LogP) is 10.7.